The summed E-state index contributed by atoms with van der Waals surface area (Å²) < 4.78 is 27.5. The van der Waals surface area contributed by atoms with Crippen molar-refractivity contribution in [3.8, 4) is 0 Å². The van der Waals surface area contributed by atoms with Crippen LogP contribution in [0.1, 0.15) is 5.56 Å². The van der Waals surface area contributed by atoms with Crippen LogP contribution in [0.5, 0.6) is 0 Å². The third-order valence-electron chi connectivity index (χ3n) is 2.94. The Morgan fingerprint density at radius 3 is 2.39 bits per heavy atom. The molecule has 0 aliphatic carbocycles. The van der Waals surface area contributed by atoms with Crippen LogP contribution in [-0.2, 0) is 10.0 Å². The van der Waals surface area contributed by atoms with Crippen LogP contribution >= 0.6 is 39.1 Å². The number of hydrogen-bond acceptors (Lipinski definition) is 4. The average Bonchev–Trinajstić information content (AvgIpc) is 2.44. The van der Waals surface area contributed by atoms with Crippen LogP contribution in [0.3, 0.4) is 0 Å². The summed E-state index contributed by atoms with van der Waals surface area (Å²) in [7, 11) is -4.02. The van der Waals surface area contributed by atoms with Crippen LogP contribution in [0.25, 0.3) is 0 Å². The summed E-state index contributed by atoms with van der Waals surface area (Å²) in [6.45, 7) is 1.53. The molecule has 0 heterocycles. The molecule has 0 fully saturated rings. The number of nitrogens with zero attached hydrogens (tertiary/aromatic N) is 1. The van der Waals surface area contributed by atoms with Crippen LogP contribution in [-0.4, -0.2) is 13.3 Å². The maximum atomic E-state index is 12.4. The highest BCUT2D eigenvalue weighted by Gasteiger charge is 2.21. The minimum Gasteiger partial charge on any atom is -0.278 e. The van der Waals surface area contributed by atoms with E-state index in [0.717, 1.165) is 6.07 Å². The smallest absolute Gasteiger partial charge is 0.273 e. The molecule has 0 unspecified atom stereocenters. The van der Waals surface area contributed by atoms with Crippen molar-refractivity contribution in [2.75, 3.05) is 4.72 Å². The third-order valence-corrected chi connectivity index (χ3v) is 5.68. The largest absolute Gasteiger partial charge is 0.278 e. The Bertz CT molecular complexity index is 903. The molecule has 0 aliphatic heterocycles. The summed E-state index contributed by atoms with van der Waals surface area (Å²) in [5, 5.41) is 11.4. The second-order valence-electron chi connectivity index (χ2n) is 4.56. The zero-order valence-electron chi connectivity index (χ0n) is 11.5. The molecule has 0 bridgehead atoms. The Morgan fingerprint density at radius 2 is 1.78 bits per heavy atom. The highest BCUT2D eigenvalue weighted by molar-refractivity contribution is 9.10. The van der Waals surface area contributed by atoms with Crippen molar-refractivity contribution >= 4 is 60.5 Å². The van der Waals surface area contributed by atoms with Crippen molar-refractivity contribution in [3.63, 3.8) is 0 Å². The molecule has 2 aromatic carbocycles. The first-order valence-electron chi connectivity index (χ1n) is 6.04. The van der Waals surface area contributed by atoms with Gasteiger partial charge >= 0.3 is 0 Å². The van der Waals surface area contributed by atoms with Crippen molar-refractivity contribution in [2.45, 2.75) is 11.8 Å². The van der Waals surface area contributed by atoms with E-state index in [1.54, 1.807) is 0 Å². The molecule has 0 aliphatic rings. The molecule has 23 heavy (non-hydrogen) atoms. The van der Waals surface area contributed by atoms with E-state index in [4.69, 9.17) is 23.2 Å². The molecule has 10 heteroatoms. The summed E-state index contributed by atoms with van der Waals surface area (Å²) in [6.07, 6.45) is 0. The van der Waals surface area contributed by atoms with Crippen LogP contribution in [0, 0.1) is 17.0 Å². The summed E-state index contributed by atoms with van der Waals surface area (Å²) >= 11 is 14.9. The monoisotopic (exact) mass is 438 g/mol. The van der Waals surface area contributed by atoms with E-state index in [2.05, 4.69) is 20.7 Å². The minimum absolute atomic E-state index is 0.169. The fourth-order valence-corrected chi connectivity index (χ4v) is 3.88. The fourth-order valence-electron chi connectivity index (χ4n) is 1.76. The summed E-state index contributed by atoms with van der Waals surface area (Å²) in [4.78, 5) is 10.1. The van der Waals surface area contributed by atoms with Crippen LogP contribution in [0.2, 0.25) is 10.0 Å². The number of hydrogen-bond donors (Lipinski definition) is 1. The zero-order valence-corrected chi connectivity index (χ0v) is 15.4. The normalized spacial score (nSPS) is 11.3. The minimum atomic E-state index is -4.02. The molecule has 6 nitrogen and oxygen atoms in total. The van der Waals surface area contributed by atoms with Gasteiger partial charge in [-0.25, -0.2) is 8.42 Å². The van der Waals surface area contributed by atoms with Gasteiger partial charge in [-0.05, 0) is 41.1 Å². The molecule has 0 amide bonds. The Kier molecular flexibility index (Phi) is 5.20. The van der Waals surface area contributed by atoms with Gasteiger partial charge in [0.15, 0.2) is 0 Å². The summed E-state index contributed by atoms with van der Waals surface area (Å²) in [5.41, 5.74) is 0.258. The van der Waals surface area contributed by atoms with Crippen molar-refractivity contribution in [2.24, 2.45) is 0 Å². The maximum Gasteiger partial charge on any atom is 0.273 e. The number of aryl methyl sites for hydroxylation is 1. The molecule has 0 aromatic heterocycles. The van der Waals surface area contributed by atoms with E-state index in [1.807, 2.05) is 0 Å². The quantitative estimate of drug-likeness (QED) is 0.422. The first-order chi connectivity index (χ1) is 10.6. The maximum absolute atomic E-state index is 12.4. The van der Waals surface area contributed by atoms with Gasteiger partial charge in [-0.3, -0.25) is 14.8 Å². The predicted octanol–water partition coefficient (Wildman–Crippen LogP) is 4.77. The van der Waals surface area contributed by atoms with Gasteiger partial charge in [-0.15, -0.1) is 0 Å². The average molecular weight is 440 g/mol. The van der Waals surface area contributed by atoms with Gasteiger partial charge < -0.3 is 0 Å². The lowest BCUT2D eigenvalue weighted by Crippen LogP contribution is -2.13. The van der Waals surface area contributed by atoms with E-state index < -0.39 is 14.9 Å². The lowest BCUT2D eigenvalue weighted by molar-refractivity contribution is -0.385. The van der Waals surface area contributed by atoms with E-state index in [1.165, 1.54) is 31.2 Å². The molecular weight excluding hydrogens is 431 g/mol. The highest BCUT2D eigenvalue weighted by Crippen LogP contribution is 2.34. The number of rotatable bonds is 4. The lowest BCUT2D eigenvalue weighted by atomic mass is 10.2. The van der Waals surface area contributed by atoms with Gasteiger partial charge in [-0.2, -0.15) is 0 Å². The topological polar surface area (TPSA) is 89.3 Å². The Morgan fingerprint density at radius 1 is 1.17 bits per heavy atom. The van der Waals surface area contributed by atoms with Gasteiger partial charge in [0.25, 0.3) is 15.7 Å². The molecule has 0 saturated carbocycles. The van der Waals surface area contributed by atoms with Crippen molar-refractivity contribution in [3.05, 3.63) is 60.5 Å². The van der Waals surface area contributed by atoms with Gasteiger partial charge in [0.2, 0.25) is 0 Å². The Hall–Kier alpha value is -1.35. The molecule has 2 rings (SSSR count). The SMILES string of the molecule is Cc1ccc(S(=O)(=O)Nc2cc(Cl)c(Cl)cc2Br)cc1[N+](=O)[O-]. The molecule has 2 aromatic rings. The Balaban J connectivity index is 2.46. The van der Waals surface area contributed by atoms with E-state index in [9.17, 15) is 18.5 Å². The van der Waals surface area contributed by atoms with Crippen LogP contribution in [0.4, 0.5) is 11.4 Å². The zero-order chi connectivity index (χ0) is 17.4. The number of sulfonamides is 1. The van der Waals surface area contributed by atoms with Crippen molar-refractivity contribution in [1.82, 2.24) is 0 Å². The second kappa shape index (κ2) is 6.64. The number of nitrogens with one attached hydrogen (secondary N) is 1. The first-order valence-corrected chi connectivity index (χ1v) is 9.07. The Labute approximate surface area is 150 Å². The van der Waals surface area contributed by atoms with E-state index in [0.29, 0.717) is 10.0 Å². The van der Waals surface area contributed by atoms with Crippen molar-refractivity contribution in [1.29, 1.82) is 0 Å². The number of nitro groups is 1. The standard InChI is InChI=1S/C13H9BrCl2N2O4S/c1-7-2-3-8(4-13(7)18(19)20)23(21,22)17-12-6-11(16)10(15)5-9(12)14/h2-6,17H,1H3. The van der Waals surface area contributed by atoms with Gasteiger partial charge in [-0.1, -0.05) is 29.3 Å². The van der Waals surface area contributed by atoms with Gasteiger partial charge in [0, 0.05) is 16.1 Å². The number of nitro benzene ring substituents is 1. The first kappa shape index (κ1) is 18.0. The van der Waals surface area contributed by atoms with Crippen LogP contribution in [0.15, 0.2) is 39.7 Å². The molecular formula is C13H9BrCl2N2O4S. The molecule has 122 valence electrons. The molecule has 0 saturated heterocycles. The molecule has 0 radical (unpaired) electrons. The fraction of sp³-hybridized carbons (Fsp3) is 0.0769. The highest BCUT2D eigenvalue weighted by atomic mass is 79.9. The summed E-state index contributed by atoms with van der Waals surface area (Å²) in [6, 6.07) is 6.45. The van der Waals surface area contributed by atoms with Crippen LogP contribution < -0.4 is 4.72 Å². The third kappa shape index (κ3) is 3.95. The van der Waals surface area contributed by atoms with E-state index in [-0.39, 0.29) is 26.3 Å². The molecule has 0 atom stereocenters. The van der Waals surface area contributed by atoms with Crippen molar-refractivity contribution < 1.29 is 13.3 Å². The number of halogens is 3. The number of anilines is 1. The van der Waals surface area contributed by atoms with Gasteiger partial charge in [0.1, 0.15) is 0 Å². The van der Waals surface area contributed by atoms with Gasteiger partial charge in [0.05, 0.1) is 25.6 Å². The molecule has 0 spiro atoms. The number of benzene rings is 2. The lowest BCUT2D eigenvalue weighted by Gasteiger charge is -2.11. The van der Waals surface area contributed by atoms with E-state index >= 15 is 0 Å². The predicted molar refractivity (Wildman–Crippen MR) is 92.8 cm³/mol. The second-order valence-corrected chi connectivity index (χ2v) is 7.91. The molecule has 1 N–H and O–H groups in total. The summed E-state index contributed by atoms with van der Waals surface area (Å²) in [5.74, 6) is 0.